The molecule has 1 amide bonds. The van der Waals surface area contributed by atoms with Crippen LogP contribution in [0.2, 0.25) is 10.0 Å². The van der Waals surface area contributed by atoms with Crippen molar-refractivity contribution in [2.45, 2.75) is 0 Å². The average Bonchev–Trinajstić information content (AvgIpc) is 3.05. The highest BCUT2D eigenvalue weighted by atomic mass is 35.5. The van der Waals surface area contributed by atoms with Gasteiger partial charge in [0.25, 0.3) is 0 Å². The summed E-state index contributed by atoms with van der Waals surface area (Å²) >= 11 is 12.2. The molecule has 1 aromatic carbocycles. The predicted molar refractivity (Wildman–Crippen MR) is 96.1 cm³/mol. The number of halogens is 2. The topological polar surface area (TPSA) is 55.1 Å². The van der Waals surface area contributed by atoms with Gasteiger partial charge in [-0.1, -0.05) is 29.3 Å². The number of benzene rings is 1. The number of aromatic nitrogens is 1. The molecule has 0 radical (unpaired) electrons. The minimum atomic E-state index is -0.276. The summed E-state index contributed by atoms with van der Waals surface area (Å²) in [5.74, 6) is 0.832. The van der Waals surface area contributed by atoms with Gasteiger partial charge in [-0.2, -0.15) is 0 Å². The summed E-state index contributed by atoms with van der Waals surface area (Å²) in [5, 5.41) is 3.58. The van der Waals surface area contributed by atoms with Gasteiger partial charge in [0.2, 0.25) is 5.91 Å². The fourth-order valence-electron chi connectivity index (χ4n) is 2.06. The Hall–Kier alpha value is -2.56. The normalized spacial score (nSPS) is 10.9. The number of hydrogen-bond acceptors (Lipinski definition) is 3. The minimum absolute atomic E-state index is 0.276. The maximum Gasteiger partial charge on any atom is 0.248 e. The standard InChI is InChI=1S/C18H12Cl2N2O2/c19-15-5-1-4-14(18(15)20)16-8-6-13(24-16)7-9-17(23)22-12-3-2-10-21-11-12/h1-11H,(H,22,23). The number of nitrogens with zero attached hydrogens (tertiary/aromatic N) is 1. The molecule has 3 rings (SSSR count). The molecule has 6 heteroatoms. The van der Waals surface area contributed by atoms with Crippen molar-refractivity contribution in [2.75, 3.05) is 5.32 Å². The number of furan rings is 1. The molecule has 0 fully saturated rings. The van der Waals surface area contributed by atoms with Gasteiger partial charge in [-0.15, -0.1) is 0 Å². The van der Waals surface area contributed by atoms with E-state index in [9.17, 15) is 4.79 Å². The van der Waals surface area contributed by atoms with Crippen LogP contribution in [0, 0.1) is 0 Å². The highest BCUT2D eigenvalue weighted by Gasteiger charge is 2.10. The van der Waals surface area contributed by atoms with Gasteiger partial charge >= 0.3 is 0 Å². The number of anilines is 1. The summed E-state index contributed by atoms with van der Waals surface area (Å²) in [7, 11) is 0. The van der Waals surface area contributed by atoms with E-state index in [1.807, 2.05) is 6.07 Å². The highest BCUT2D eigenvalue weighted by Crippen LogP contribution is 2.34. The molecule has 4 nitrogen and oxygen atoms in total. The van der Waals surface area contributed by atoms with Gasteiger partial charge in [0.05, 0.1) is 21.9 Å². The van der Waals surface area contributed by atoms with Crippen LogP contribution in [0.4, 0.5) is 5.69 Å². The third-order valence-corrected chi connectivity index (χ3v) is 3.99. The summed E-state index contributed by atoms with van der Waals surface area (Å²) in [6, 6.07) is 12.3. The van der Waals surface area contributed by atoms with Crippen molar-refractivity contribution in [3.8, 4) is 11.3 Å². The lowest BCUT2D eigenvalue weighted by Gasteiger charge is -2.02. The Bertz CT molecular complexity index is 889. The summed E-state index contributed by atoms with van der Waals surface area (Å²) in [5.41, 5.74) is 1.32. The number of rotatable bonds is 4. The molecule has 120 valence electrons. The largest absolute Gasteiger partial charge is 0.457 e. The Kier molecular flexibility index (Phi) is 4.99. The fraction of sp³-hybridized carbons (Fsp3) is 0. The van der Waals surface area contributed by atoms with Crippen LogP contribution in [0.5, 0.6) is 0 Å². The molecule has 0 unspecified atom stereocenters. The molecule has 3 aromatic rings. The number of hydrogen-bond donors (Lipinski definition) is 1. The van der Waals surface area contributed by atoms with Crippen molar-refractivity contribution in [1.29, 1.82) is 0 Å². The number of carbonyl (C=O) groups is 1. The van der Waals surface area contributed by atoms with Gasteiger partial charge in [0, 0.05) is 17.8 Å². The number of amides is 1. The molecule has 0 aliphatic carbocycles. The van der Waals surface area contributed by atoms with Crippen molar-refractivity contribution >= 4 is 40.9 Å². The van der Waals surface area contributed by atoms with Crippen LogP contribution in [0.3, 0.4) is 0 Å². The summed E-state index contributed by atoms with van der Waals surface area (Å²) in [4.78, 5) is 15.8. The zero-order valence-electron chi connectivity index (χ0n) is 12.4. The molecule has 0 aliphatic rings. The van der Waals surface area contributed by atoms with Crippen molar-refractivity contribution in [2.24, 2.45) is 0 Å². The smallest absolute Gasteiger partial charge is 0.248 e. The SMILES string of the molecule is O=C(C=Cc1ccc(-c2cccc(Cl)c2Cl)o1)Nc1cccnc1. The second-order valence-electron chi connectivity index (χ2n) is 4.87. The maximum absolute atomic E-state index is 11.9. The molecule has 2 aromatic heterocycles. The van der Waals surface area contributed by atoms with E-state index in [4.69, 9.17) is 27.6 Å². The number of nitrogens with one attached hydrogen (secondary N) is 1. The molecule has 0 spiro atoms. The van der Waals surface area contributed by atoms with Crippen molar-refractivity contribution in [1.82, 2.24) is 4.98 Å². The Labute approximate surface area is 148 Å². The molecule has 2 heterocycles. The third-order valence-electron chi connectivity index (χ3n) is 3.17. The first-order valence-electron chi connectivity index (χ1n) is 7.07. The molecule has 1 N–H and O–H groups in total. The van der Waals surface area contributed by atoms with Gasteiger partial charge < -0.3 is 9.73 Å². The molecule has 0 saturated heterocycles. The third kappa shape index (κ3) is 3.85. The lowest BCUT2D eigenvalue weighted by atomic mass is 10.2. The fourth-order valence-corrected chi connectivity index (χ4v) is 2.45. The van der Waals surface area contributed by atoms with Gasteiger partial charge in [-0.3, -0.25) is 9.78 Å². The Morgan fingerprint density at radius 1 is 1.12 bits per heavy atom. The van der Waals surface area contributed by atoms with Gasteiger partial charge in [0.15, 0.2) is 0 Å². The zero-order chi connectivity index (χ0) is 16.9. The van der Waals surface area contributed by atoms with Crippen LogP contribution in [0.1, 0.15) is 5.76 Å². The first-order valence-corrected chi connectivity index (χ1v) is 7.82. The molecular weight excluding hydrogens is 347 g/mol. The second-order valence-corrected chi connectivity index (χ2v) is 5.65. The zero-order valence-corrected chi connectivity index (χ0v) is 13.9. The molecule has 0 aliphatic heterocycles. The minimum Gasteiger partial charge on any atom is -0.457 e. The van der Waals surface area contributed by atoms with E-state index >= 15 is 0 Å². The van der Waals surface area contributed by atoms with E-state index in [-0.39, 0.29) is 5.91 Å². The molecular formula is C18H12Cl2N2O2. The maximum atomic E-state index is 11.9. The number of pyridine rings is 1. The van der Waals surface area contributed by atoms with E-state index in [2.05, 4.69) is 10.3 Å². The number of carbonyl (C=O) groups excluding carboxylic acids is 1. The molecule has 24 heavy (non-hydrogen) atoms. The summed E-state index contributed by atoms with van der Waals surface area (Å²) < 4.78 is 5.68. The van der Waals surface area contributed by atoms with Crippen LogP contribution in [0.15, 0.2) is 65.4 Å². The van der Waals surface area contributed by atoms with Crippen molar-refractivity contribution in [3.05, 3.63) is 76.7 Å². The quantitative estimate of drug-likeness (QED) is 0.643. The molecule has 0 saturated carbocycles. The van der Waals surface area contributed by atoms with Crippen molar-refractivity contribution < 1.29 is 9.21 Å². The van der Waals surface area contributed by atoms with Crippen molar-refractivity contribution in [3.63, 3.8) is 0 Å². The average molecular weight is 359 g/mol. The highest BCUT2D eigenvalue weighted by molar-refractivity contribution is 6.43. The van der Waals surface area contributed by atoms with Crippen LogP contribution < -0.4 is 5.32 Å². The monoisotopic (exact) mass is 358 g/mol. The van der Waals surface area contributed by atoms with Gasteiger partial charge in [-0.05, 0) is 42.5 Å². The lowest BCUT2D eigenvalue weighted by Crippen LogP contribution is -2.07. The Balaban J connectivity index is 1.72. The Morgan fingerprint density at radius 2 is 2.00 bits per heavy atom. The van der Waals surface area contributed by atoms with Crippen LogP contribution in [0.25, 0.3) is 17.4 Å². The summed E-state index contributed by atoms with van der Waals surface area (Å²) in [6.45, 7) is 0. The molecule has 0 bridgehead atoms. The van der Waals surface area contributed by atoms with E-state index < -0.39 is 0 Å². The van der Waals surface area contributed by atoms with E-state index in [1.165, 1.54) is 6.08 Å². The molecule has 0 atom stereocenters. The van der Waals surface area contributed by atoms with E-state index in [0.29, 0.717) is 32.8 Å². The van der Waals surface area contributed by atoms with Crippen LogP contribution in [-0.2, 0) is 4.79 Å². The van der Waals surface area contributed by atoms with Crippen LogP contribution in [-0.4, -0.2) is 10.9 Å². The van der Waals surface area contributed by atoms with E-state index in [0.717, 1.165) is 0 Å². The summed E-state index contributed by atoms with van der Waals surface area (Å²) in [6.07, 6.45) is 6.16. The first-order chi connectivity index (χ1) is 11.6. The first kappa shape index (κ1) is 16.3. The van der Waals surface area contributed by atoms with Crippen LogP contribution >= 0.6 is 23.2 Å². The van der Waals surface area contributed by atoms with Gasteiger partial charge in [0.1, 0.15) is 11.5 Å². The van der Waals surface area contributed by atoms with E-state index in [1.54, 1.807) is 54.9 Å². The Morgan fingerprint density at radius 3 is 2.79 bits per heavy atom. The lowest BCUT2D eigenvalue weighted by molar-refractivity contribution is -0.111. The van der Waals surface area contributed by atoms with Gasteiger partial charge in [-0.25, -0.2) is 0 Å². The predicted octanol–water partition coefficient (Wildman–Crippen LogP) is 5.30. The second kappa shape index (κ2) is 7.34.